The van der Waals surface area contributed by atoms with Crippen molar-refractivity contribution >= 4 is 5.91 Å². The minimum atomic E-state index is 0.0644. The molecule has 116 valence electrons. The minimum absolute atomic E-state index is 0.0644. The van der Waals surface area contributed by atoms with Crippen LogP contribution in [0.2, 0.25) is 0 Å². The van der Waals surface area contributed by atoms with Crippen LogP contribution in [0, 0.1) is 20.8 Å². The van der Waals surface area contributed by atoms with Gasteiger partial charge >= 0.3 is 0 Å². The van der Waals surface area contributed by atoms with E-state index in [0.29, 0.717) is 6.04 Å². The number of amides is 1. The van der Waals surface area contributed by atoms with Gasteiger partial charge in [0.1, 0.15) is 5.75 Å². The molecular formula is C17H26N2O2. The molecule has 2 rings (SSSR count). The number of hydrogen-bond acceptors (Lipinski definition) is 3. The van der Waals surface area contributed by atoms with Gasteiger partial charge in [-0.05, 0) is 55.5 Å². The third kappa shape index (κ3) is 3.56. The molecule has 0 saturated carbocycles. The molecule has 0 bridgehead atoms. The van der Waals surface area contributed by atoms with Gasteiger partial charge in [0.15, 0.2) is 0 Å². The molecule has 21 heavy (non-hydrogen) atoms. The maximum Gasteiger partial charge on any atom is 0.217 e. The number of methoxy groups -OCH3 is 1. The minimum Gasteiger partial charge on any atom is -0.496 e. The van der Waals surface area contributed by atoms with Crippen molar-refractivity contribution in [2.24, 2.45) is 0 Å². The zero-order chi connectivity index (χ0) is 15.6. The number of carbonyl (C=O) groups is 1. The molecule has 1 aliphatic heterocycles. The van der Waals surface area contributed by atoms with Crippen molar-refractivity contribution in [3.05, 3.63) is 28.3 Å². The molecule has 4 nitrogen and oxygen atoms in total. The second kappa shape index (κ2) is 6.48. The fourth-order valence-electron chi connectivity index (χ4n) is 3.16. The molecule has 1 amide bonds. The van der Waals surface area contributed by atoms with Crippen molar-refractivity contribution in [3.8, 4) is 5.75 Å². The Kier molecular flexibility index (Phi) is 4.88. The number of benzene rings is 1. The van der Waals surface area contributed by atoms with Gasteiger partial charge in [-0.25, -0.2) is 0 Å². The van der Waals surface area contributed by atoms with Crippen LogP contribution in [0.5, 0.6) is 5.75 Å². The Labute approximate surface area is 127 Å². The number of hydrogen-bond donors (Lipinski definition) is 1. The van der Waals surface area contributed by atoms with Crippen LogP contribution in [0.1, 0.15) is 35.6 Å². The number of likely N-dealkylation sites (tertiary alicyclic amines) is 1. The van der Waals surface area contributed by atoms with Gasteiger partial charge in [0, 0.05) is 32.6 Å². The molecule has 0 aromatic heterocycles. The van der Waals surface area contributed by atoms with E-state index in [0.717, 1.165) is 31.8 Å². The summed E-state index contributed by atoms with van der Waals surface area (Å²) in [5, 5.41) is 3.02. The lowest BCUT2D eigenvalue weighted by molar-refractivity contribution is -0.119. The Hall–Kier alpha value is -1.55. The van der Waals surface area contributed by atoms with E-state index < -0.39 is 0 Å². The lowest BCUT2D eigenvalue weighted by Crippen LogP contribution is -2.35. The summed E-state index contributed by atoms with van der Waals surface area (Å²) in [5.74, 6) is 1.03. The Morgan fingerprint density at radius 1 is 1.38 bits per heavy atom. The summed E-state index contributed by atoms with van der Waals surface area (Å²) in [7, 11) is 1.72. The Morgan fingerprint density at radius 2 is 2.10 bits per heavy atom. The lowest BCUT2D eigenvalue weighted by atomic mass is 9.97. The van der Waals surface area contributed by atoms with Crippen LogP contribution in [0.25, 0.3) is 0 Å². The maximum absolute atomic E-state index is 11.1. The van der Waals surface area contributed by atoms with Crippen molar-refractivity contribution in [1.29, 1.82) is 0 Å². The number of carbonyl (C=O) groups excluding carboxylic acids is 1. The highest BCUT2D eigenvalue weighted by molar-refractivity contribution is 5.73. The lowest BCUT2D eigenvalue weighted by Gasteiger charge is -2.21. The molecule has 0 aliphatic carbocycles. The third-order valence-electron chi connectivity index (χ3n) is 4.49. The molecule has 1 aromatic rings. The van der Waals surface area contributed by atoms with Gasteiger partial charge in [-0.1, -0.05) is 0 Å². The topological polar surface area (TPSA) is 41.6 Å². The second-order valence-electron chi connectivity index (χ2n) is 6.05. The molecule has 0 unspecified atom stereocenters. The van der Waals surface area contributed by atoms with Crippen molar-refractivity contribution in [2.45, 2.75) is 46.7 Å². The van der Waals surface area contributed by atoms with Crippen LogP contribution in [0.4, 0.5) is 0 Å². The standard InChI is InChI=1S/C17H26N2O2/c1-11-8-17(21-5)13(3)12(2)16(11)10-19-7-6-15(9-19)18-14(4)20/h8,15H,6-7,9-10H2,1-5H3,(H,18,20)/t15-/m0/s1. The van der Waals surface area contributed by atoms with Gasteiger partial charge < -0.3 is 10.1 Å². The van der Waals surface area contributed by atoms with E-state index in [1.54, 1.807) is 14.0 Å². The molecule has 0 radical (unpaired) electrons. The average Bonchev–Trinajstić information content (AvgIpc) is 2.85. The third-order valence-corrected chi connectivity index (χ3v) is 4.49. The van der Waals surface area contributed by atoms with E-state index in [1.165, 1.54) is 22.3 Å². The predicted molar refractivity (Wildman–Crippen MR) is 84.7 cm³/mol. The van der Waals surface area contributed by atoms with Crippen molar-refractivity contribution < 1.29 is 9.53 Å². The molecule has 1 aliphatic rings. The van der Waals surface area contributed by atoms with Crippen LogP contribution < -0.4 is 10.1 Å². The van der Waals surface area contributed by atoms with Crippen molar-refractivity contribution in [2.75, 3.05) is 20.2 Å². The molecule has 4 heteroatoms. The van der Waals surface area contributed by atoms with Crippen LogP contribution in [-0.2, 0) is 11.3 Å². The van der Waals surface area contributed by atoms with Gasteiger partial charge in [0.25, 0.3) is 0 Å². The van der Waals surface area contributed by atoms with E-state index in [9.17, 15) is 4.79 Å². The molecule has 1 saturated heterocycles. The first-order valence-corrected chi connectivity index (χ1v) is 7.55. The van der Waals surface area contributed by atoms with Gasteiger partial charge in [0.05, 0.1) is 7.11 Å². The number of rotatable bonds is 4. The Balaban J connectivity index is 2.11. The highest BCUT2D eigenvalue weighted by atomic mass is 16.5. The van der Waals surface area contributed by atoms with Crippen LogP contribution in [0.15, 0.2) is 6.07 Å². The molecule has 1 N–H and O–H groups in total. The summed E-state index contributed by atoms with van der Waals surface area (Å²) in [6.45, 7) is 10.9. The van der Waals surface area contributed by atoms with Crippen molar-refractivity contribution in [3.63, 3.8) is 0 Å². The largest absolute Gasteiger partial charge is 0.496 e. The molecule has 1 aromatic carbocycles. The first kappa shape index (κ1) is 15.8. The fourth-order valence-corrected chi connectivity index (χ4v) is 3.16. The SMILES string of the molecule is COc1cc(C)c(CN2CC[C@H](NC(C)=O)C2)c(C)c1C. The number of aryl methyl sites for hydroxylation is 1. The first-order chi connectivity index (χ1) is 9.92. The van der Waals surface area contributed by atoms with Crippen LogP contribution in [-0.4, -0.2) is 37.0 Å². The summed E-state index contributed by atoms with van der Waals surface area (Å²) in [4.78, 5) is 13.6. The molecule has 1 heterocycles. The first-order valence-electron chi connectivity index (χ1n) is 7.55. The second-order valence-corrected chi connectivity index (χ2v) is 6.05. The number of nitrogens with one attached hydrogen (secondary N) is 1. The highest BCUT2D eigenvalue weighted by Crippen LogP contribution is 2.29. The van der Waals surface area contributed by atoms with E-state index in [2.05, 4.69) is 37.1 Å². The maximum atomic E-state index is 11.1. The summed E-state index contributed by atoms with van der Waals surface area (Å²) in [5.41, 5.74) is 5.19. The van der Waals surface area contributed by atoms with Crippen molar-refractivity contribution in [1.82, 2.24) is 10.2 Å². The smallest absolute Gasteiger partial charge is 0.217 e. The zero-order valence-electron chi connectivity index (χ0n) is 13.7. The summed E-state index contributed by atoms with van der Waals surface area (Å²) < 4.78 is 5.43. The normalized spacial score (nSPS) is 18.8. The van der Waals surface area contributed by atoms with Gasteiger partial charge in [-0.2, -0.15) is 0 Å². The van der Waals surface area contributed by atoms with Crippen LogP contribution in [0.3, 0.4) is 0 Å². The summed E-state index contributed by atoms with van der Waals surface area (Å²) in [6, 6.07) is 2.42. The Bertz CT molecular complexity index is 540. The number of ether oxygens (including phenoxy) is 1. The monoisotopic (exact) mass is 290 g/mol. The molecule has 0 spiro atoms. The predicted octanol–water partition coefficient (Wildman–Crippen LogP) is 2.33. The van der Waals surface area contributed by atoms with E-state index in [-0.39, 0.29) is 5.91 Å². The highest BCUT2D eigenvalue weighted by Gasteiger charge is 2.24. The van der Waals surface area contributed by atoms with Gasteiger partial charge in [0.2, 0.25) is 5.91 Å². The summed E-state index contributed by atoms with van der Waals surface area (Å²) in [6.07, 6.45) is 1.03. The molecule has 1 fully saturated rings. The van der Waals surface area contributed by atoms with Gasteiger partial charge in [-0.15, -0.1) is 0 Å². The van der Waals surface area contributed by atoms with Crippen LogP contribution >= 0.6 is 0 Å². The average molecular weight is 290 g/mol. The quantitative estimate of drug-likeness (QED) is 0.925. The fraction of sp³-hybridized carbons (Fsp3) is 0.588. The van der Waals surface area contributed by atoms with E-state index in [1.807, 2.05) is 0 Å². The summed E-state index contributed by atoms with van der Waals surface area (Å²) >= 11 is 0. The number of nitrogens with zero attached hydrogens (tertiary/aromatic N) is 1. The molecule has 1 atom stereocenters. The van der Waals surface area contributed by atoms with E-state index in [4.69, 9.17) is 4.74 Å². The molecular weight excluding hydrogens is 264 g/mol. The zero-order valence-corrected chi connectivity index (χ0v) is 13.7. The van der Waals surface area contributed by atoms with E-state index >= 15 is 0 Å². The van der Waals surface area contributed by atoms with Gasteiger partial charge in [-0.3, -0.25) is 9.69 Å². The Morgan fingerprint density at radius 3 is 2.71 bits per heavy atom.